The summed E-state index contributed by atoms with van der Waals surface area (Å²) in [6, 6.07) is 4.09. The largest absolute Gasteiger partial charge is 0.495 e. The summed E-state index contributed by atoms with van der Waals surface area (Å²) in [5.41, 5.74) is 0.288. The molecule has 14 heavy (non-hydrogen) atoms. The van der Waals surface area contributed by atoms with Crippen LogP contribution in [0, 0.1) is 18.3 Å². The third kappa shape index (κ3) is 2.23. The second-order valence-electron chi connectivity index (χ2n) is 3.51. The van der Waals surface area contributed by atoms with E-state index in [4.69, 9.17) is 11.3 Å². The number of hydrogen-bond donors (Lipinski definition) is 0. The SMILES string of the molecule is [C-]#[N+]c1cc(F)cc(OCC2CC2)c1. The molecule has 0 bridgehead atoms. The quantitative estimate of drug-likeness (QED) is 0.669. The van der Waals surface area contributed by atoms with Gasteiger partial charge in [0.1, 0.15) is 11.6 Å². The predicted molar refractivity (Wildman–Crippen MR) is 50.9 cm³/mol. The van der Waals surface area contributed by atoms with E-state index >= 15 is 0 Å². The lowest BCUT2D eigenvalue weighted by Crippen LogP contribution is -1.98. The molecule has 72 valence electrons. The van der Waals surface area contributed by atoms with Crippen molar-refractivity contribution in [3.8, 4) is 5.75 Å². The van der Waals surface area contributed by atoms with Crippen LogP contribution < -0.4 is 4.74 Å². The molecule has 0 radical (unpaired) electrons. The lowest BCUT2D eigenvalue weighted by molar-refractivity contribution is 0.298. The molecule has 0 N–H and O–H groups in total. The molecule has 0 heterocycles. The van der Waals surface area contributed by atoms with Crippen molar-refractivity contribution < 1.29 is 9.13 Å². The normalized spacial score (nSPS) is 14.9. The molecule has 2 nitrogen and oxygen atoms in total. The molecular weight excluding hydrogens is 181 g/mol. The summed E-state index contributed by atoms with van der Waals surface area (Å²) in [4.78, 5) is 3.16. The van der Waals surface area contributed by atoms with Crippen LogP contribution >= 0.6 is 0 Å². The second-order valence-corrected chi connectivity index (χ2v) is 3.51. The van der Waals surface area contributed by atoms with Crippen molar-refractivity contribution in [1.82, 2.24) is 0 Å². The van der Waals surface area contributed by atoms with E-state index < -0.39 is 5.82 Å². The van der Waals surface area contributed by atoms with Crippen LogP contribution in [0.1, 0.15) is 12.8 Å². The van der Waals surface area contributed by atoms with Crippen LogP contribution in [0.2, 0.25) is 0 Å². The van der Waals surface area contributed by atoms with Crippen LogP contribution in [0.3, 0.4) is 0 Å². The minimum Gasteiger partial charge on any atom is -0.495 e. The average Bonchev–Trinajstić information content (AvgIpc) is 2.97. The zero-order chi connectivity index (χ0) is 9.97. The highest BCUT2D eigenvalue weighted by molar-refractivity contribution is 5.49. The molecule has 1 saturated carbocycles. The molecule has 2 rings (SSSR count). The fraction of sp³-hybridized carbons (Fsp3) is 0.364. The third-order valence-corrected chi connectivity index (χ3v) is 2.17. The van der Waals surface area contributed by atoms with Crippen molar-refractivity contribution >= 4 is 5.69 Å². The highest BCUT2D eigenvalue weighted by Crippen LogP contribution is 2.30. The first kappa shape index (κ1) is 9.01. The van der Waals surface area contributed by atoms with Crippen LogP contribution in [0.15, 0.2) is 18.2 Å². The van der Waals surface area contributed by atoms with Gasteiger partial charge in [0.2, 0.25) is 0 Å². The van der Waals surface area contributed by atoms with E-state index in [1.807, 2.05) is 0 Å². The Balaban J connectivity index is 2.07. The topological polar surface area (TPSA) is 13.6 Å². The molecule has 1 fully saturated rings. The van der Waals surface area contributed by atoms with E-state index in [2.05, 4.69) is 4.85 Å². The van der Waals surface area contributed by atoms with Gasteiger partial charge in [-0.05, 0) is 30.9 Å². The Morgan fingerprint density at radius 3 is 2.86 bits per heavy atom. The molecule has 1 aliphatic carbocycles. The van der Waals surface area contributed by atoms with Crippen LogP contribution in [-0.2, 0) is 0 Å². The molecule has 0 spiro atoms. The molecular formula is C11H10FNO. The lowest BCUT2D eigenvalue weighted by atomic mass is 10.3. The molecule has 1 aliphatic rings. The molecule has 0 aliphatic heterocycles. The molecule has 0 amide bonds. The molecule has 1 aromatic carbocycles. The van der Waals surface area contributed by atoms with Gasteiger partial charge in [0.25, 0.3) is 0 Å². The monoisotopic (exact) mass is 191 g/mol. The van der Waals surface area contributed by atoms with E-state index in [0.29, 0.717) is 18.3 Å². The Bertz CT molecular complexity index is 379. The van der Waals surface area contributed by atoms with Crippen LogP contribution in [0.25, 0.3) is 4.85 Å². The van der Waals surface area contributed by atoms with Gasteiger partial charge < -0.3 is 4.74 Å². The molecule has 0 saturated heterocycles. The summed E-state index contributed by atoms with van der Waals surface area (Å²) in [6.45, 7) is 7.41. The minimum atomic E-state index is -0.413. The van der Waals surface area contributed by atoms with Gasteiger partial charge in [-0.25, -0.2) is 9.24 Å². The fourth-order valence-electron chi connectivity index (χ4n) is 1.19. The summed E-state index contributed by atoms with van der Waals surface area (Å²) >= 11 is 0. The first-order chi connectivity index (χ1) is 6.78. The third-order valence-electron chi connectivity index (χ3n) is 2.17. The molecule has 0 unspecified atom stereocenters. The van der Waals surface area contributed by atoms with Crippen molar-refractivity contribution in [2.24, 2.45) is 5.92 Å². The summed E-state index contributed by atoms with van der Waals surface area (Å²) in [6.07, 6.45) is 2.40. The Labute approximate surface area is 82.1 Å². The smallest absolute Gasteiger partial charge is 0.193 e. The number of nitrogens with zero attached hydrogens (tertiary/aromatic N) is 1. The van der Waals surface area contributed by atoms with Crippen LogP contribution in [-0.4, -0.2) is 6.61 Å². The Kier molecular flexibility index (Phi) is 2.36. The molecule has 1 aromatic rings. The second kappa shape index (κ2) is 3.67. The van der Waals surface area contributed by atoms with Gasteiger partial charge in [-0.1, -0.05) is 0 Å². The maximum absolute atomic E-state index is 12.9. The minimum absolute atomic E-state index is 0.288. The zero-order valence-electron chi connectivity index (χ0n) is 7.66. The average molecular weight is 191 g/mol. The van der Waals surface area contributed by atoms with E-state index in [9.17, 15) is 4.39 Å². The Morgan fingerprint density at radius 2 is 2.21 bits per heavy atom. The van der Waals surface area contributed by atoms with Crippen LogP contribution in [0.4, 0.5) is 10.1 Å². The van der Waals surface area contributed by atoms with E-state index in [0.717, 1.165) is 0 Å². The maximum Gasteiger partial charge on any atom is 0.193 e. The van der Waals surface area contributed by atoms with E-state index in [1.165, 1.54) is 25.0 Å². The highest BCUT2D eigenvalue weighted by Gasteiger charge is 2.21. The number of benzene rings is 1. The van der Waals surface area contributed by atoms with Gasteiger partial charge >= 0.3 is 0 Å². The van der Waals surface area contributed by atoms with Gasteiger partial charge in [-0.15, -0.1) is 0 Å². The van der Waals surface area contributed by atoms with Gasteiger partial charge in [-0.3, -0.25) is 0 Å². The van der Waals surface area contributed by atoms with Gasteiger partial charge in [0.15, 0.2) is 5.69 Å². The summed E-state index contributed by atoms with van der Waals surface area (Å²) < 4.78 is 18.3. The Hall–Kier alpha value is -1.56. The zero-order valence-corrected chi connectivity index (χ0v) is 7.66. The molecule has 0 aromatic heterocycles. The standard InChI is InChI=1S/C11H10FNO/c1-13-10-4-9(12)5-11(6-10)14-7-8-2-3-8/h4-6,8H,2-3,7H2. The summed E-state index contributed by atoms with van der Waals surface area (Å²) in [5, 5.41) is 0. The first-order valence-electron chi connectivity index (χ1n) is 4.59. The molecule has 0 atom stereocenters. The fourth-order valence-corrected chi connectivity index (χ4v) is 1.19. The number of rotatable bonds is 3. The van der Waals surface area contributed by atoms with Crippen molar-refractivity contribution in [3.05, 3.63) is 35.4 Å². The summed E-state index contributed by atoms with van der Waals surface area (Å²) in [5.74, 6) is 0.682. The van der Waals surface area contributed by atoms with Gasteiger partial charge in [0.05, 0.1) is 13.2 Å². The van der Waals surface area contributed by atoms with E-state index in [-0.39, 0.29) is 5.69 Å². The van der Waals surface area contributed by atoms with E-state index in [1.54, 1.807) is 6.07 Å². The highest BCUT2D eigenvalue weighted by atomic mass is 19.1. The van der Waals surface area contributed by atoms with Crippen molar-refractivity contribution in [1.29, 1.82) is 0 Å². The predicted octanol–water partition coefficient (Wildman–Crippen LogP) is 3.17. The first-order valence-corrected chi connectivity index (χ1v) is 4.59. The van der Waals surface area contributed by atoms with Crippen molar-refractivity contribution in [2.45, 2.75) is 12.8 Å². The Morgan fingerprint density at radius 1 is 1.43 bits per heavy atom. The van der Waals surface area contributed by atoms with Gasteiger partial charge in [0, 0.05) is 6.07 Å². The summed E-state index contributed by atoms with van der Waals surface area (Å²) in [7, 11) is 0. The number of halogens is 1. The molecule has 3 heteroatoms. The van der Waals surface area contributed by atoms with Gasteiger partial charge in [-0.2, -0.15) is 0 Å². The van der Waals surface area contributed by atoms with Crippen molar-refractivity contribution in [3.63, 3.8) is 0 Å². The lowest BCUT2D eigenvalue weighted by Gasteiger charge is -2.05. The number of hydrogen-bond acceptors (Lipinski definition) is 1. The van der Waals surface area contributed by atoms with Crippen molar-refractivity contribution in [2.75, 3.05) is 6.61 Å². The maximum atomic E-state index is 12.9. The number of ether oxygens (including phenoxy) is 1. The van der Waals surface area contributed by atoms with Crippen LogP contribution in [0.5, 0.6) is 5.75 Å².